The van der Waals surface area contributed by atoms with Gasteiger partial charge in [-0.15, -0.1) is 0 Å². The molecule has 0 fully saturated rings. The van der Waals surface area contributed by atoms with Gasteiger partial charge in [-0.2, -0.15) is 0 Å². The topological polar surface area (TPSA) is 15.3 Å². The third-order valence-electron chi connectivity index (χ3n) is 2.36. The van der Waals surface area contributed by atoms with Gasteiger partial charge in [0.1, 0.15) is 0 Å². The van der Waals surface area contributed by atoms with E-state index in [-0.39, 0.29) is 0 Å². The fourth-order valence-corrected chi connectivity index (χ4v) is 2.28. The molecule has 1 N–H and O–H groups in total. The summed E-state index contributed by atoms with van der Waals surface area (Å²) in [6.07, 6.45) is 0. The molecule has 0 aliphatic rings. The lowest BCUT2D eigenvalue weighted by Crippen LogP contribution is -2.21. The van der Waals surface area contributed by atoms with E-state index < -0.39 is 0 Å². The van der Waals surface area contributed by atoms with Crippen LogP contribution in [0.3, 0.4) is 0 Å². The Morgan fingerprint density at radius 2 is 1.73 bits per heavy atom. The van der Waals surface area contributed by atoms with E-state index in [9.17, 15) is 0 Å². The Morgan fingerprint density at radius 3 is 2.20 bits per heavy atom. The molecule has 0 saturated heterocycles. The summed E-state index contributed by atoms with van der Waals surface area (Å²) in [6, 6.07) is 4.29. The SMILES string of the molecule is Cc1cc(Br)cc(C)c1NCCN(C)C. The third kappa shape index (κ3) is 3.84. The summed E-state index contributed by atoms with van der Waals surface area (Å²) in [7, 11) is 4.17. The molecule has 2 nitrogen and oxygen atoms in total. The molecule has 0 heterocycles. The Bertz CT molecular complexity index is 311. The first-order valence-corrected chi connectivity index (χ1v) is 5.95. The highest BCUT2D eigenvalue weighted by molar-refractivity contribution is 9.10. The van der Waals surface area contributed by atoms with Crippen LogP contribution in [0.2, 0.25) is 0 Å². The second-order valence-corrected chi connectivity index (χ2v) is 5.06. The van der Waals surface area contributed by atoms with E-state index in [4.69, 9.17) is 0 Å². The summed E-state index contributed by atoms with van der Waals surface area (Å²) in [5, 5.41) is 3.48. The molecule has 15 heavy (non-hydrogen) atoms. The van der Waals surface area contributed by atoms with E-state index in [0.29, 0.717) is 0 Å². The molecule has 1 aromatic carbocycles. The Kier molecular flexibility index (Phi) is 4.61. The fraction of sp³-hybridized carbons (Fsp3) is 0.500. The minimum Gasteiger partial charge on any atom is -0.383 e. The van der Waals surface area contributed by atoms with Crippen LogP contribution >= 0.6 is 15.9 Å². The first-order valence-electron chi connectivity index (χ1n) is 5.16. The fourth-order valence-electron chi connectivity index (χ4n) is 1.59. The van der Waals surface area contributed by atoms with E-state index in [1.54, 1.807) is 0 Å². The van der Waals surface area contributed by atoms with Crippen LogP contribution in [0.4, 0.5) is 5.69 Å². The number of rotatable bonds is 4. The van der Waals surface area contributed by atoms with Crippen molar-refractivity contribution in [3.63, 3.8) is 0 Å². The van der Waals surface area contributed by atoms with Crippen LogP contribution in [0.1, 0.15) is 11.1 Å². The summed E-state index contributed by atoms with van der Waals surface area (Å²) in [6.45, 7) is 6.30. The molecular weight excluding hydrogens is 252 g/mol. The quantitative estimate of drug-likeness (QED) is 0.905. The number of likely N-dealkylation sites (N-methyl/N-ethyl adjacent to an activating group) is 1. The Hall–Kier alpha value is -0.540. The Balaban J connectivity index is 2.68. The molecule has 0 aliphatic carbocycles. The molecule has 0 aliphatic heterocycles. The molecule has 1 aromatic rings. The molecule has 0 saturated carbocycles. The Labute approximate surface area is 101 Å². The van der Waals surface area contributed by atoms with Crippen molar-refractivity contribution < 1.29 is 0 Å². The zero-order valence-corrected chi connectivity index (χ0v) is 11.5. The van der Waals surface area contributed by atoms with Crippen molar-refractivity contribution in [2.45, 2.75) is 13.8 Å². The van der Waals surface area contributed by atoms with Crippen LogP contribution in [0, 0.1) is 13.8 Å². The molecule has 1 rings (SSSR count). The van der Waals surface area contributed by atoms with E-state index >= 15 is 0 Å². The number of halogens is 1. The first kappa shape index (κ1) is 12.5. The molecule has 0 aromatic heterocycles. The van der Waals surface area contributed by atoms with Crippen molar-refractivity contribution in [3.05, 3.63) is 27.7 Å². The predicted molar refractivity (Wildman–Crippen MR) is 70.7 cm³/mol. The van der Waals surface area contributed by atoms with Gasteiger partial charge in [0.2, 0.25) is 0 Å². The van der Waals surface area contributed by atoms with E-state index in [1.165, 1.54) is 16.8 Å². The van der Waals surface area contributed by atoms with E-state index in [0.717, 1.165) is 17.6 Å². The maximum atomic E-state index is 3.50. The zero-order valence-electron chi connectivity index (χ0n) is 9.89. The number of nitrogens with one attached hydrogen (secondary N) is 1. The van der Waals surface area contributed by atoms with Crippen molar-refractivity contribution >= 4 is 21.6 Å². The van der Waals surface area contributed by atoms with Gasteiger partial charge < -0.3 is 10.2 Å². The third-order valence-corrected chi connectivity index (χ3v) is 2.82. The number of hydrogen-bond donors (Lipinski definition) is 1. The van der Waals surface area contributed by atoms with Crippen LogP contribution in [-0.2, 0) is 0 Å². The number of nitrogens with zero attached hydrogens (tertiary/aromatic N) is 1. The van der Waals surface area contributed by atoms with Gasteiger partial charge in [0.25, 0.3) is 0 Å². The molecule has 0 amide bonds. The molecule has 3 heteroatoms. The standard InChI is InChI=1S/C12H19BrN2/c1-9-7-11(13)8-10(2)12(9)14-5-6-15(3)4/h7-8,14H,5-6H2,1-4H3. The van der Waals surface area contributed by atoms with Crippen molar-refractivity contribution in [1.29, 1.82) is 0 Å². The summed E-state index contributed by atoms with van der Waals surface area (Å²) in [5.74, 6) is 0. The van der Waals surface area contributed by atoms with Gasteiger partial charge in [-0.1, -0.05) is 15.9 Å². The van der Waals surface area contributed by atoms with E-state index in [2.05, 4.69) is 66.2 Å². The van der Waals surface area contributed by atoms with Gasteiger partial charge in [-0.3, -0.25) is 0 Å². The maximum absolute atomic E-state index is 3.50. The molecular formula is C12H19BrN2. The second-order valence-electron chi connectivity index (χ2n) is 4.14. The molecule has 0 unspecified atom stereocenters. The van der Waals surface area contributed by atoms with E-state index in [1.807, 2.05) is 0 Å². The van der Waals surface area contributed by atoms with Crippen LogP contribution in [0.5, 0.6) is 0 Å². The molecule has 0 spiro atoms. The van der Waals surface area contributed by atoms with Crippen LogP contribution < -0.4 is 5.32 Å². The van der Waals surface area contributed by atoms with Crippen molar-refractivity contribution in [2.75, 3.05) is 32.5 Å². The van der Waals surface area contributed by atoms with Gasteiger partial charge in [-0.05, 0) is 51.2 Å². The predicted octanol–water partition coefficient (Wildman–Crippen LogP) is 3.04. The van der Waals surface area contributed by atoms with Gasteiger partial charge in [0.15, 0.2) is 0 Å². The Morgan fingerprint density at radius 1 is 1.20 bits per heavy atom. The van der Waals surface area contributed by atoms with Gasteiger partial charge >= 0.3 is 0 Å². The highest BCUT2D eigenvalue weighted by Gasteiger charge is 2.03. The lowest BCUT2D eigenvalue weighted by molar-refractivity contribution is 0.425. The average molecular weight is 271 g/mol. The lowest BCUT2D eigenvalue weighted by atomic mass is 10.1. The largest absolute Gasteiger partial charge is 0.383 e. The molecule has 0 radical (unpaired) electrons. The van der Waals surface area contributed by atoms with Crippen LogP contribution in [-0.4, -0.2) is 32.1 Å². The number of anilines is 1. The number of benzene rings is 1. The first-order chi connectivity index (χ1) is 7.00. The van der Waals surface area contributed by atoms with Crippen LogP contribution in [0.25, 0.3) is 0 Å². The highest BCUT2D eigenvalue weighted by Crippen LogP contribution is 2.24. The maximum Gasteiger partial charge on any atom is 0.0400 e. The summed E-state index contributed by atoms with van der Waals surface area (Å²) >= 11 is 3.50. The van der Waals surface area contributed by atoms with Crippen molar-refractivity contribution in [3.8, 4) is 0 Å². The second kappa shape index (κ2) is 5.52. The van der Waals surface area contributed by atoms with Gasteiger partial charge in [0, 0.05) is 23.2 Å². The van der Waals surface area contributed by atoms with Gasteiger partial charge in [0.05, 0.1) is 0 Å². The normalized spacial score (nSPS) is 10.8. The van der Waals surface area contributed by atoms with Gasteiger partial charge in [-0.25, -0.2) is 0 Å². The number of hydrogen-bond acceptors (Lipinski definition) is 2. The zero-order chi connectivity index (χ0) is 11.4. The smallest absolute Gasteiger partial charge is 0.0400 e. The molecule has 0 bridgehead atoms. The molecule has 84 valence electrons. The van der Waals surface area contributed by atoms with Crippen molar-refractivity contribution in [2.24, 2.45) is 0 Å². The van der Waals surface area contributed by atoms with Crippen LogP contribution in [0.15, 0.2) is 16.6 Å². The molecule has 0 atom stereocenters. The highest BCUT2D eigenvalue weighted by atomic mass is 79.9. The number of aryl methyl sites for hydroxylation is 2. The minimum atomic E-state index is 0.982. The summed E-state index contributed by atoms with van der Waals surface area (Å²) in [5.41, 5.74) is 3.85. The minimum absolute atomic E-state index is 0.982. The summed E-state index contributed by atoms with van der Waals surface area (Å²) in [4.78, 5) is 2.18. The monoisotopic (exact) mass is 270 g/mol. The average Bonchev–Trinajstić information content (AvgIpc) is 2.08. The van der Waals surface area contributed by atoms with Crippen molar-refractivity contribution in [1.82, 2.24) is 4.90 Å². The summed E-state index contributed by atoms with van der Waals surface area (Å²) < 4.78 is 1.15. The lowest BCUT2D eigenvalue weighted by Gasteiger charge is -2.15.